The van der Waals surface area contributed by atoms with Gasteiger partial charge in [0.1, 0.15) is 0 Å². The van der Waals surface area contributed by atoms with Crippen molar-refractivity contribution in [1.82, 2.24) is 5.32 Å². The summed E-state index contributed by atoms with van der Waals surface area (Å²) in [7, 11) is 0. The molecule has 0 bridgehead atoms. The first-order valence-corrected chi connectivity index (χ1v) is 8.43. The molecule has 5 heteroatoms. The Labute approximate surface area is 147 Å². The second-order valence-corrected chi connectivity index (χ2v) is 6.44. The van der Waals surface area contributed by atoms with Gasteiger partial charge in [-0.1, -0.05) is 50.2 Å². The summed E-state index contributed by atoms with van der Waals surface area (Å²) in [5, 5.41) is 2.74. The van der Waals surface area contributed by atoms with E-state index < -0.39 is 11.6 Å². The molecule has 0 radical (unpaired) electrons. The van der Waals surface area contributed by atoms with E-state index in [1.807, 2.05) is 24.3 Å². The molecule has 2 rings (SSSR count). The highest BCUT2D eigenvalue weighted by Crippen LogP contribution is 2.17. The monoisotopic (exact) mass is 346 g/mol. The van der Waals surface area contributed by atoms with Crippen molar-refractivity contribution in [3.63, 3.8) is 0 Å². The quantitative estimate of drug-likeness (QED) is 0.800. The summed E-state index contributed by atoms with van der Waals surface area (Å²) in [6, 6.07) is 11.7. The lowest BCUT2D eigenvalue weighted by Crippen LogP contribution is -2.32. The predicted octanol–water partition coefficient (Wildman–Crippen LogP) is 3.84. The van der Waals surface area contributed by atoms with Crippen molar-refractivity contribution in [2.24, 2.45) is 5.73 Å². The molecule has 3 nitrogen and oxygen atoms in total. The van der Waals surface area contributed by atoms with E-state index in [0.717, 1.165) is 11.6 Å². The molecule has 1 amide bonds. The maximum absolute atomic E-state index is 13.6. The zero-order chi connectivity index (χ0) is 18.4. The van der Waals surface area contributed by atoms with Crippen LogP contribution in [0.25, 0.3) is 0 Å². The molecule has 0 fully saturated rings. The van der Waals surface area contributed by atoms with E-state index in [0.29, 0.717) is 12.5 Å². The summed E-state index contributed by atoms with van der Waals surface area (Å²) in [4.78, 5) is 11.9. The maximum Gasteiger partial charge on any atom is 0.220 e. The number of hydrogen-bond donors (Lipinski definition) is 2. The zero-order valence-corrected chi connectivity index (χ0v) is 14.6. The van der Waals surface area contributed by atoms with Gasteiger partial charge in [0.25, 0.3) is 0 Å². The van der Waals surface area contributed by atoms with E-state index in [1.165, 1.54) is 17.7 Å². The molecular weight excluding hydrogens is 322 g/mol. The first-order valence-electron chi connectivity index (χ1n) is 8.43. The summed E-state index contributed by atoms with van der Waals surface area (Å²) in [6.45, 7) is 4.54. The summed E-state index contributed by atoms with van der Waals surface area (Å²) >= 11 is 0. The van der Waals surface area contributed by atoms with Crippen molar-refractivity contribution in [3.05, 3.63) is 70.8 Å². The first kappa shape index (κ1) is 19.1. The normalized spacial score (nSPS) is 12.2. The highest BCUT2D eigenvalue weighted by Gasteiger charge is 2.12. The Hall–Kier alpha value is -2.27. The van der Waals surface area contributed by atoms with Crippen LogP contribution < -0.4 is 11.1 Å². The van der Waals surface area contributed by atoms with Crippen LogP contribution in [-0.2, 0) is 11.2 Å². The minimum atomic E-state index is -0.898. The van der Waals surface area contributed by atoms with Crippen LogP contribution in [0.4, 0.5) is 8.78 Å². The molecule has 0 aliphatic rings. The van der Waals surface area contributed by atoms with Gasteiger partial charge in [0, 0.05) is 19.0 Å². The topological polar surface area (TPSA) is 55.1 Å². The molecule has 3 N–H and O–H groups in total. The van der Waals surface area contributed by atoms with E-state index in [9.17, 15) is 13.6 Å². The number of carbonyl (C=O) groups excluding carboxylic acids is 1. The molecule has 0 aromatic heterocycles. The molecule has 2 aromatic carbocycles. The van der Waals surface area contributed by atoms with Gasteiger partial charge in [-0.3, -0.25) is 4.79 Å². The number of halogens is 2. The van der Waals surface area contributed by atoms with E-state index in [-0.39, 0.29) is 30.4 Å². The lowest BCUT2D eigenvalue weighted by Gasteiger charge is -2.14. The Balaban J connectivity index is 1.82. The number of hydrogen-bond acceptors (Lipinski definition) is 2. The van der Waals surface area contributed by atoms with Gasteiger partial charge in [-0.2, -0.15) is 0 Å². The fourth-order valence-electron chi connectivity index (χ4n) is 2.55. The smallest absolute Gasteiger partial charge is 0.220 e. The molecular formula is C20H24F2N2O. The minimum absolute atomic E-state index is 0.0827. The van der Waals surface area contributed by atoms with E-state index in [1.54, 1.807) is 0 Å². The van der Waals surface area contributed by atoms with Crippen molar-refractivity contribution in [1.29, 1.82) is 0 Å². The highest BCUT2D eigenvalue weighted by atomic mass is 19.2. The van der Waals surface area contributed by atoms with Crippen LogP contribution >= 0.6 is 0 Å². The van der Waals surface area contributed by atoms with Crippen LogP contribution in [0.15, 0.2) is 42.5 Å². The third kappa shape index (κ3) is 5.36. The average Bonchev–Trinajstić information content (AvgIpc) is 2.61. The average molecular weight is 346 g/mol. The van der Waals surface area contributed by atoms with Gasteiger partial charge in [0.2, 0.25) is 5.91 Å². The SMILES string of the molecule is CC(C)c1ccc(C(N)CNC(=O)CCc2cccc(F)c2F)cc1. The van der Waals surface area contributed by atoms with Crippen molar-refractivity contribution in [2.45, 2.75) is 38.6 Å². The number of carbonyl (C=O) groups is 1. The molecule has 0 spiro atoms. The van der Waals surface area contributed by atoms with Crippen molar-refractivity contribution in [3.8, 4) is 0 Å². The summed E-state index contributed by atoms with van der Waals surface area (Å²) in [5.41, 5.74) is 8.47. The van der Waals surface area contributed by atoms with Gasteiger partial charge in [-0.05, 0) is 35.1 Å². The highest BCUT2D eigenvalue weighted by molar-refractivity contribution is 5.76. The van der Waals surface area contributed by atoms with Crippen molar-refractivity contribution in [2.75, 3.05) is 6.54 Å². The lowest BCUT2D eigenvalue weighted by molar-refractivity contribution is -0.121. The predicted molar refractivity (Wildman–Crippen MR) is 95.1 cm³/mol. The van der Waals surface area contributed by atoms with Crippen LogP contribution in [0.5, 0.6) is 0 Å². The van der Waals surface area contributed by atoms with Gasteiger partial charge in [0.15, 0.2) is 11.6 Å². The number of aryl methyl sites for hydroxylation is 1. The molecule has 0 aliphatic heterocycles. The van der Waals surface area contributed by atoms with Crippen LogP contribution in [0, 0.1) is 11.6 Å². The first-order chi connectivity index (χ1) is 11.9. The zero-order valence-electron chi connectivity index (χ0n) is 14.6. The Bertz CT molecular complexity index is 714. The van der Waals surface area contributed by atoms with Crippen molar-refractivity contribution >= 4 is 5.91 Å². The third-order valence-corrected chi connectivity index (χ3v) is 4.20. The van der Waals surface area contributed by atoms with E-state index in [4.69, 9.17) is 5.73 Å². The Kier molecular flexibility index (Phi) is 6.65. The molecule has 0 heterocycles. The molecule has 25 heavy (non-hydrogen) atoms. The molecule has 0 saturated heterocycles. The second kappa shape index (κ2) is 8.72. The van der Waals surface area contributed by atoms with Gasteiger partial charge in [-0.25, -0.2) is 8.78 Å². The van der Waals surface area contributed by atoms with Crippen LogP contribution in [-0.4, -0.2) is 12.5 Å². The Morgan fingerprint density at radius 3 is 2.36 bits per heavy atom. The van der Waals surface area contributed by atoms with E-state index in [2.05, 4.69) is 19.2 Å². The number of nitrogens with one attached hydrogen (secondary N) is 1. The number of amides is 1. The summed E-state index contributed by atoms with van der Waals surface area (Å²) in [5.74, 6) is -1.58. The summed E-state index contributed by atoms with van der Waals surface area (Å²) < 4.78 is 26.7. The van der Waals surface area contributed by atoms with Gasteiger partial charge >= 0.3 is 0 Å². The molecule has 0 aliphatic carbocycles. The number of nitrogens with two attached hydrogens (primary N) is 1. The molecule has 2 aromatic rings. The largest absolute Gasteiger partial charge is 0.354 e. The fraction of sp³-hybridized carbons (Fsp3) is 0.350. The Morgan fingerprint density at radius 1 is 1.08 bits per heavy atom. The standard InChI is InChI=1S/C20H24F2N2O/c1-13(2)14-6-8-15(9-7-14)18(23)12-24-19(25)11-10-16-4-3-5-17(21)20(16)22/h3-9,13,18H,10-12,23H2,1-2H3,(H,24,25). The Morgan fingerprint density at radius 2 is 1.72 bits per heavy atom. The van der Waals surface area contributed by atoms with Gasteiger partial charge in [-0.15, -0.1) is 0 Å². The summed E-state index contributed by atoms with van der Waals surface area (Å²) in [6.07, 6.45) is 0.229. The lowest BCUT2D eigenvalue weighted by atomic mass is 9.99. The second-order valence-electron chi connectivity index (χ2n) is 6.44. The minimum Gasteiger partial charge on any atom is -0.354 e. The molecule has 0 saturated carbocycles. The fourth-order valence-corrected chi connectivity index (χ4v) is 2.55. The molecule has 1 unspecified atom stereocenters. The van der Waals surface area contributed by atoms with Crippen LogP contribution in [0.3, 0.4) is 0 Å². The van der Waals surface area contributed by atoms with Crippen LogP contribution in [0.2, 0.25) is 0 Å². The third-order valence-electron chi connectivity index (χ3n) is 4.20. The maximum atomic E-state index is 13.6. The van der Waals surface area contributed by atoms with Gasteiger partial charge < -0.3 is 11.1 Å². The number of rotatable bonds is 7. The van der Waals surface area contributed by atoms with Crippen molar-refractivity contribution < 1.29 is 13.6 Å². The molecule has 134 valence electrons. The van der Waals surface area contributed by atoms with Crippen LogP contribution in [0.1, 0.15) is 48.9 Å². The van der Waals surface area contributed by atoms with E-state index >= 15 is 0 Å². The molecule has 1 atom stereocenters. The van der Waals surface area contributed by atoms with Gasteiger partial charge in [0.05, 0.1) is 0 Å². The number of benzene rings is 2.